The molecule has 1 aromatic rings. The summed E-state index contributed by atoms with van der Waals surface area (Å²) in [5.41, 5.74) is 0. The lowest BCUT2D eigenvalue weighted by Crippen LogP contribution is -2.42. The minimum atomic E-state index is -0.260. The Balaban J connectivity index is 1.80. The Hall–Kier alpha value is -1.79. The van der Waals surface area contributed by atoms with Gasteiger partial charge >= 0.3 is 12.0 Å². The lowest BCUT2D eigenvalue weighted by atomic mass is 9.93. The van der Waals surface area contributed by atoms with Gasteiger partial charge in [-0.15, -0.1) is 5.10 Å². The Morgan fingerprint density at radius 3 is 3.06 bits per heavy atom. The van der Waals surface area contributed by atoms with Gasteiger partial charge in [0.25, 0.3) is 0 Å². The van der Waals surface area contributed by atoms with Crippen LogP contribution in [-0.2, 0) is 0 Å². The molecule has 88 valence electrons. The van der Waals surface area contributed by atoms with Crippen LogP contribution in [0.25, 0.3) is 0 Å². The van der Waals surface area contributed by atoms with Crippen molar-refractivity contribution in [3.05, 3.63) is 0 Å². The first-order valence-corrected chi connectivity index (χ1v) is 5.40. The molecule has 16 heavy (non-hydrogen) atoms. The molecule has 1 heterocycles. The van der Waals surface area contributed by atoms with Crippen molar-refractivity contribution in [1.29, 1.82) is 0 Å². The number of carbonyl (C=O) groups is 1. The maximum atomic E-state index is 11.4. The molecule has 1 aromatic heterocycles. The first kappa shape index (κ1) is 10.7. The van der Waals surface area contributed by atoms with Gasteiger partial charge in [0.1, 0.15) is 0 Å². The van der Waals surface area contributed by atoms with Crippen molar-refractivity contribution < 1.29 is 9.53 Å². The molecular formula is C9H15N5O2. The van der Waals surface area contributed by atoms with Gasteiger partial charge in [-0.05, 0) is 26.2 Å². The molecule has 1 aliphatic carbocycles. The molecule has 2 amide bonds. The fourth-order valence-corrected chi connectivity index (χ4v) is 1.38. The van der Waals surface area contributed by atoms with E-state index < -0.39 is 0 Å². The molecule has 0 radical (unpaired) electrons. The number of anilines is 1. The predicted octanol–water partition coefficient (Wildman–Crippen LogP) is 0.877. The van der Waals surface area contributed by atoms with Crippen LogP contribution in [0, 0.1) is 0 Å². The molecule has 0 unspecified atom stereocenters. The Bertz CT molecular complexity index is 361. The zero-order valence-corrected chi connectivity index (χ0v) is 9.12. The van der Waals surface area contributed by atoms with E-state index in [-0.39, 0.29) is 12.0 Å². The maximum Gasteiger partial charge on any atom is 0.337 e. The number of nitrogens with zero attached hydrogens (tertiary/aromatic N) is 2. The molecule has 0 bridgehead atoms. The minimum absolute atomic E-state index is 0.237. The van der Waals surface area contributed by atoms with Gasteiger partial charge in [0, 0.05) is 6.04 Å². The summed E-state index contributed by atoms with van der Waals surface area (Å²) in [6.45, 7) is 2.33. The number of H-pyrrole nitrogens is 1. The van der Waals surface area contributed by atoms with E-state index in [2.05, 4.69) is 25.8 Å². The van der Waals surface area contributed by atoms with E-state index >= 15 is 0 Å². The van der Waals surface area contributed by atoms with Crippen LogP contribution in [0.5, 0.6) is 6.01 Å². The van der Waals surface area contributed by atoms with Gasteiger partial charge in [-0.25, -0.2) is 9.89 Å². The van der Waals surface area contributed by atoms with Gasteiger partial charge in [0.2, 0.25) is 5.95 Å². The van der Waals surface area contributed by atoms with E-state index in [1.54, 1.807) is 0 Å². The number of hydrogen-bond donors (Lipinski definition) is 3. The molecule has 3 N–H and O–H groups in total. The number of carbonyl (C=O) groups excluding carboxylic acids is 1. The highest BCUT2D eigenvalue weighted by Gasteiger charge is 2.19. The van der Waals surface area contributed by atoms with Crippen molar-refractivity contribution >= 4 is 12.0 Å². The Morgan fingerprint density at radius 1 is 1.62 bits per heavy atom. The Labute approximate surface area is 93.0 Å². The number of aromatic nitrogens is 3. The number of hydrogen-bond acceptors (Lipinski definition) is 4. The molecule has 0 aliphatic heterocycles. The molecule has 1 saturated carbocycles. The lowest BCUT2D eigenvalue weighted by Gasteiger charge is -2.25. The van der Waals surface area contributed by atoms with Crippen LogP contribution in [0.2, 0.25) is 0 Å². The molecule has 1 fully saturated rings. The molecule has 0 saturated heterocycles. The summed E-state index contributed by atoms with van der Waals surface area (Å²) in [6.07, 6.45) is 3.28. The van der Waals surface area contributed by atoms with Crippen LogP contribution >= 0.6 is 0 Å². The van der Waals surface area contributed by atoms with Crippen LogP contribution in [-0.4, -0.2) is 33.9 Å². The van der Waals surface area contributed by atoms with Crippen LogP contribution in [0.3, 0.4) is 0 Å². The Kier molecular flexibility index (Phi) is 3.23. The summed E-state index contributed by atoms with van der Waals surface area (Å²) in [6, 6.07) is 0.277. The smallest absolute Gasteiger partial charge is 0.337 e. The summed E-state index contributed by atoms with van der Waals surface area (Å²) in [4.78, 5) is 15.4. The highest BCUT2D eigenvalue weighted by molar-refractivity contribution is 5.87. The third-order valence-corrected chi connectivity index (χ3v) is 2.41. The molecule has 0 aromatic carbocycles. The van der Waals surface area contributed by atoms with Gasteiger partial charge < -0.3 is 10.1 Å². The van der Waals surface area contributed by atoms with Crippen LogP contribution in [0.1, 0.15) is 26.2 Å². The summed E-state index contributed by atoms with van der Waals surface area (Å²) in [5.74, 6) is 0.292. The maximum absolute atomic E-state index is 11.4. The molecule has 7 heteroatoms. The topological polar surface area (TPSA) is 91.9 Å². The second-order valence-electron chi connectivity index (χ2n) is 3.63. The average Bonchev–Trinajstić information content (AvgIpc) is 2.60. The first-order chi connectivity index (χ1) is 7.78. The third-order valence-electron chi connectivity index (χ3n) is 2.41. The molecule has 7 nitrogen and oxygen atoms in total. The van der Waals surface area contributed by atoms with E-state index in [9.17, 15) is 4.79 Å². The standard InChI is InChI=1S/C9H15N5O2/c1-2-16-9-12-7(13-14-9)11-8(15)10-6-4-3-5-6/h6H,2-5H2,1H3,(H3,10,11,12,13,14,15). The molecule has 1 aliphatic rings. The summed E-state index contributed by atoms with van der Waals surface area (Å²) in [5, 5.41) is 11.7. The highest BCUT2D eigenvalue weighted by Crippen LogP contribution is 2.17. The second-order valence-corrected chi connectivity index (χ2v) is 3.63. The van der Waals surface area contributed by atoms with Crippen molar-refractivity contribution in [2.45, 2.75) is 32.2 Å². The Morgan fingerprint density at radius 2 is 2.44 bits per heavy atom. The van der Waals surface area contributed by atoms with Crippen LogP contribution < -0.4 is 15.4 Å². The highest BCUT2D eigenvalue weighted by atomic mass is 16.5. The fourth-order valence-electron chi connectivity index (χ4n) is 1.38. The van der Waals surface area contributed by atoms with Crippen LogP contribution in [0.15, 0.2) is 0 Å². The number of aromatic amines is 1. The molecule has 2 rings (SSSR count). The summed E-state index contributed by atoms with van der Waals surface area (Å²) in [7, 11) is 0. The number of rotatable bonds is 4. The number of nitrogens with one attached hydrogen (secondary N) is 3. The van der Waals surface area contributed by atoms with E-state index in [4.69, 9.17) is 4.74 Å². The molecule has 0 atom stereocenters. The van der Waals surface area contributed by atoms with Crippen molar-refractivity contribution in [2.75, 3.05) is 11.9 Å². The van der Waals surface area contributed by atoms with Crippen LogP contribution in [0.4, 0.5) is 10.7 Å². The third kappa shape index (κ3) is 2.62. The van der Waals surface area contributed by atoms with Gasteiger partial charge in [-0.1, -0.05) is 0 Å². The van der Waals surface area contributed by atoms with Crippen molar-refractivity contribution in [3.8, 4) is 6.01 Å². The number of ether oxygens (including phenoxy) is 1. The predicted molar refractivity (Wildman–Crippen MR) is 57.3 cm³/mol. The van der Waals surface area contributed by atoms with Gasteiger partial charge in [0.05, 0.1) is 6.61 Å². The molecular weight excluding hydrogens is 210 g/mol. The second kappa shape index (κ2) is 4.82. The fraction of sp³-hybridized carbons (Fsp3) is 0.667. The lowest BCUT2D eigenvalue weighted by molar-refractivity contribution is 0.240. The minimum Gasteiger partial charge on any atom is -0.463 e. The number of urea groups is 1. The van der Waals surface area contributed by atoms with Crippen molar-refractivity contribution in [1.82, 2.24) is 20.5 Å². The first-order valence-electron chi connectivity index (χ1n) is 5.40. The summed E-state index contributed by atoms with van der Waals surface area (Å²) >= 11 is 0. The van der Waals surface area contributed by atoms with Crippen molar-refractivity contribution in [2.24, 2.45) is 0 Å². The van der Waals surface area contributed by atoms with Gasteiger partial charge in [-0.2, -0.15) is 4.98 Å². The zero-order chi connectivity index (χ0) is 11.4. The van der Waals surface area contributed by atoms with Crippen molar-refractivity contribution in [3.63, 3.8) is 0 Å². The molecule has 0 spiro atoms. The van der Waals surface area contributed by atoms with E-state index in [1.807, 2.05) is 6.92 Å². The number of amides is 2. The van der Waals surface area contributed by atoms with Gasteiger partial charge in [0.15, 0.2) is 0 Å². The average molecular weight is 225 g/mol. The quantitative estimate of drug-likeness (QED) is 0.709. The van der Waals surface area contributed by atoms with E-state index in [1.165, 1.54) is 6.42 Å². The SMILES string of the molecule is CCOc1n[nH]c(NC(=O)NC2CCC2)n1. The normalized spacial score (nSPS) is 15.3. The van der Waals surface area contributed by atoms with E-state index in [0.29, 0.717) is 18.6 Å². The monoisotopic (exact) mass is 225 g/mol. The summed E-state index contributed by atoms with van der Waals surface area (Å²) < 4.78 is 5.06. The van der Waals surface area contributed by atoms with Gasteiger partial charge in [-0.3, -0.25) is 5.32 Å². The zero-order valence-electron chi connectivity index (χ0n) is 9.12. The van der Waals surface area contributed by atoms with E-state index in [0.717, 1.165) is 12.8 Å². The largest absolute Gasteiger partial charge is 0.463 e.